The van der Waals surface area contributed by atoms with Gasteiger partial charge in [-0.1, -0.05) is 23.5 Å². The Morgan fingerprint density at radius 3 is 2.90 bits per heavy atom. The number of thiazole rings is 1. The summed E-state index contributed by atoms with van der Waals surface area (Å²) in [5.41, 5.74) is 0.964. The first-order chi connectivity index (χ1) is 9.74. The summed E-state index contributed by atoms with van der Waals surface area (Å²) < 4.78 is 6.39. The fourth-order valence-electron chi connectivity index (χ4n) is 2.24. The highest BCUT2D eigenvalue weighted by Crippen LogP contribution is 2.25. The Bertz CT molecular complexity index is 574. The van der Waals surface area contributed by atoms with E-state index in [2.05, 4.69) is 10.3 Å². The molecule has 3 rings (SSSR count). The van der Waals surface area contributed by atoms with Crippen molar-refractivity contribution in [3.63, 3.8) is 0 Å². The SMILES string of the molecule is CC(Nc1nc2ccccc2s1)C(=O)N1CCOCC1. The molecule has 1 N–H and O–H groups in total. The van der Waals surface area contributed by atoms with Gasteiger partial charge in [-0.15, -0.1) is 0 Å². The average molecular weight is 291 g/mol. The molecular formula is C14H17N3O2S. The highest BCUT2D eigenvalue weighted by atomic mass is 32.1. The number of hydrogen-bond donors (Lipinski definition) is 1. The number of para-hydroxylation sites is 1. The second-order valence-corrected chi connectivity index (χ2v) is 5.82. The molecule has 1 fully saturated rings. The third kappa shape index (κ3) is 2.76. The summed E-state index contributed by atoms with van der Waals surface area (Å²) in [7, 11) is 0. The lowest BCUT2D eigenvalue weighted by atomic mass is 10.2. The predicted molar refractivity (Wildman–Crippen MR) is 80.1 cm³/mol. The molecule has 1 aliphatic heterocycles. The van der Waals surface area contributed by atoms with E-state index in [1.807, 2.05) is 36.1 Å². The quantitative estimate of drug-likeness (QED) is 0.939. The molecule has 6 heteroatoms. The number of ether oxygens (including phenoxy) is 1. The highest BCUT2D eigenvalue weighted by Gasteiger charge is 2.22. The van der Waals surface area contributed by atoms with Gasteiger partial charge in [-0.25, -0.2) is 4.98 Å². The molecule has 1 unspecified atom stereocenters. The Morgan fingerprint density at radius 1 is 1.40 bits per heavy atom. The fourth-order valence-corrected chi connectivity index (χ4v) is 3.19. The van der Waals surface area contributed by atoms with Crippen molar-refractivity contribution in [2.45, 2.75) is 13.0 Å². The predicted octanol–water partition coefficient (Wildman–Crippen LogP) is 1.96. The zero-order chi connectivity index (χ0) is 13.9. The van der Waals surface area contributed by atoms with Crippen LogP contribution in [0.1, 0.15) is 6.92 Å². The third-order valence-electron chi connectivity index (χ3n) is 3.33. The van der Waals surface area contributed by atoms with Gasteiger partial charge in [-0.2, -0.15) is 0 Å². The summed E-state index contributed by atoms with van der Waals surface area (Å²) >= 11 is 1.57. The van der Waals surface area contributed by atoms with Crippen molar-refractivity contribution in [3.8, 4) is 0 Å². The molecule has 0 aliphatic carbocycles. The Labute approximate surface area is 121 Å². The largest absolute Gasteiger partial charge is 0.378 e. The molecule has 0 radical (unpaired) electrons. The molecular weight excluding hydrogens is 274 g/mol. The standard InChI is InChI=1S/C14H17N3O2S/c1-10(13(18)17-6-8-19-9-7-17)15-14-16-11-4-2-3-5-12(11)20-14/h2-5,10H,6-9H2,1H3,(H,15,16). The summed E-state index contributed by atoms with van der Waals surface area (Å²) in [4.78, 5) is 18.6. The van der Waals surface area contributed by atoms with E-state index in [1.165, 1.54) is 0 Å². The second kappa shape index (κ2) is 5.76. The number of benzene rings is 1. The fraction of sp³-hybridized carbons (Fsp3) is 0.429. The van der Waals surface area contributed by atoms with Crippen molar-refractivity contribution in [2.24, 2.45) is 0 Å². The zero-order valence-electron chi connectivity index (χ0n) is 11.3. The minimum absolute atomic E-state index is 0.104. The van der Waals surface area contributed by atoms with Gasteiger partial charge >= 0.3 is 0 Å². The van der Waals surface area contributed by atoms with Gasteiger partial charge in [0.15, 0.2) is 5.13 Å². The lowest BCUT2D eigenvalue weighted by Crippen LogP contribution is -2.46. The summed E-state index contributed by atoms with van der Waals surface area (Å²) in [6, 6.07) is 7.70. The van der Waals surface area contributed by atoms with Crippen LogP contribution in [-0.2, 0) is 9.53 Å². The second-order valence-electron chi connectivity index (χ2n) is 4.79. The van der Waals surface area contributed by atoms with Crippen molar-refractivity contribution < 1.29 is 9.53 Å². The summed E-state index contributed by atoms with van der Waals surface area (Å²) in [5.74, 6) is 0.104. The van der Waals surface area contributed by atoms with Crippen molar-refractivity contribution in [2.75, 3.05) is 31.6 Å². The van der Waals surface area contributed by atoms with E-state index in [1.54, 1.807) is 11.3 Å². The van der Waals surface area contributed by atoms with E-state index in [9.17, 15) is 4.79 Å². The van der Waals surface area contributed by atoms with Crippen LogP contribution < -0.4 is 5.32 Å². The number of aromatic nitrogens is 1. The summed E-state index contributed by atoms with van der Waals surface area (Å²) in [6.07, 6.45) is 0. The Morgan fingerprint density at radius 2 is 2.15 bits per heavy atom. The topological polar surface area (TPSA) is 54.5 Å². The van der Waals surface area contributed by atoms with Gasteiger partial charge in [0, 0.05) is 13.1 Å². The van der Waals surface area contributed by atoms with Crippen LogP contribution in [0.15, 0.2) is 24.3 Å². The smallest absolute Gasteiger partial charge is 0.244 e. The minimum Gasteiger partial charge on any atom is -0.378 e. The number of nitrogens with one attached hydrogen (secondary N) is 1. The number of carbonyl (C=O) groups excluding carboxylic acids is 1. The van der Waals surface area contributed by atoms with Crippen LogP contribution in [0.4, 0.5) is 5.13 Å². The van der Waals surface area contributed by atoms with Crippen molar-refractivity contribution >= 4 is 32.6 Å². The molecule has 1 aromatic heterocycles. The van der Waals surface area contributed by atoms with Crippen molar-refractivity contribution in [1.29, 1.82) is 0 Å². The van der Waals surface area contributed by atoms with E-state index < -0.39 is 0 Å². The van der Waals surface area contributed by atoms with Gasteiger partial charge in [0.1, 0.15) is 6.04 Å². The highest BCUT2D eigenvalue weighted by molar-refractivity contribution is 7.22. The van der Waals surface area contributed by atoms with Crippen molar-refractivity contribution in [3.05, 3.63) is 24.3 Å². The van der Waals surface area contributed by atoms with Gasteiger partial charge < -0.3 is 15.0 Å². The number of morpholine rings is 1. The van der Waals surface area contributed by atoms with Crippen LogP contribution in [0.5, 0.6) is 0 Å². The first-order valence-corrected chi connectivity index (χ1v) is 7.54. The van der Waals surface area contributed by atoms with Crippen LogP contribution in [0.2, 0.25) is 0 Å². The van der Waals surface area contributed by atoms with Crippen LogP contribution in [0.25, 0.3) is 10.2 Å². The zero-order valence-corrected chi connectivity index (χ0v) is 12.2. The summed E-state index contributed by atoms with van der Waals surface area (Å²) in [6.45, 7) is 4.47. The van der Waals surface area contributed by atoms with Crippen LogP contribution in [-0.4, -0.2) is 48.1 Å². The molecule has 1 atom stereocenters. The molecule has 106 valence electrons. The maximum atomic E-state index is 12.3. The van der Waals surface area contributed by atoms with Crippen molar-refractivity contribution in [1.82, 2.24) is 9.88 Å². The molecule has 2 aromatic rings. The number of nitrogens with zero attached hydrogens (tertiary/aromatic N) is 2. The maximum Gasteiger partial charge on any atom is 0.244 e. The monoisotopic (exact) mass is 291 g/mol. The number of fused-ring (bicyclic) bond motifs is 1. The lowest BCUT2D eigenvalue weighted by Gasteiger charge is -2.29. The van der Waals surface area contributed by atoms with Gasteiger partial charge in [0.05, 0.1) is 23.4 Å². The third-order valence-corrected chi connectivity index (χ3v) is 4.29. The Hall–Kier alpha value is -1.66. The number of rotatable bonds is 3. The Balaban J connectivity index is 1.68. The molecule has 1 aliphatic rings. The molecule has 1 saturated heterocycles. The molecule has 1 aromatic carbocycles. The van der Waals surface area contributed by atoms with Crippen LogP contribution in [0.3, 0.4) is 0 Å². The minimum atomic E-state index is -0.270. The average Bonchev–Trinajstić information content (AvgIpc) is 2.89. The number of carbonyl (C=O) groups is 1. The molecule has 2 heterocycles. The van der Waals surface area contributed by atoms with Gasteiger partial charge in [0.25, 0.3) is 0 Å². The molecule has 0 spiro atoms. The van der Waals surface area contributed by atoms with Crippen LogP contribution >= 0.6 is 11.3 Å². The van der Waals surface area contributed by atoms with E-state index in [0.29, 0.717) is 26.3 Å². The van der Waals surface area contributed by atoms with Gasteiger partial charge in [0.2, 0.25) is 5.91 Å². The normalized spacial score (nSPS) is 17.1. The van der Waals surface area contributed by atoms with Gasteiger partial charge in [-0.05, 0) is 19.1 Å². The number of anilines is 1. The molecule has 20 heavy (non-hydrogen) atoms. The first-order valence-electron chi connectivity index (χ1n) is 6.73. The molecule has 0 saturated carbocycles. The molecule has 5 nitrogen and oxygen atoms in total. The van der Waals surface area contributed by atoms with E-state index in [-0.39, 0.29) is 11.9 Å². The van der Waals surface area contributed by atoms with Crippen LogP contribution in [0, 0.1) is 0 Å². The maximum absolute atomic E-state index is 12.3. The van der Waals surface area contributed by atoms with E-state index in [0.717, 1.165) is 15.3 Å². The van der Waals surface area contributed by atoms with E-state index in [4.69, 9.17) is 4.74 Å². The Kier molecular flexibility index (Phi) is 3.84. The lowest BCUT2D eigenvalue weighted by molar-refractivity contribution is -0.135. The van der Waals surface area contributed by atoms with E-state index >= 15 is 0 Å². The first kappa shape index (κ1) is 13.3. The van der Waals surface area contributed by atoms with Gasteiger partial charge in [-0.3, -0.25) is 4.79 Å². The molecule has 1 amide bonds. The summed E-state index contributed by atoms with van der Waals surface area (Å²) in [5, 5.41) is 4.00. The molecule has 0 bridgehead atoms. The number of amides is 1. The number of hydrogen-bond acceptors (Lipinski definition) is 5.